The van der Waals surface area contributed by atoms with Crippen LogP contribution in [0.15, 0.2) is 51.7 Å². The summed E-state index contributed by atoms with van der Waals surface area (Å²) in [6.07, 6.45) is -0.400. The van der Waals surface area contributed by atoms with Crippen LogP contribution >= 0.6 is 0 Å². The fourth-order valence-corrected chi connectivity index (χ4v) is 3.42. The number of hydrogen-bond donors (Lipinski definition) is 1. The highest BCUT2D eigenvalue weighted by molar-refractivity contribution is 5.96. The van der Waals surface area contributed by atoms with Crippen LogP contribution in [0.3, 0.4) is 0 Å². The number of methoxy groups -OCH3 is 1. The average Bonchev–Trinajstić information content (AvgIpc) is 2.78. The van der Waals surface area contributed by atoms with Gasteiger partial charge < -0.3 is 23.9 Å². The van der Waals surface area contributed by atoms with Crippen LogP contribution in [0.1, 0.15) is 39.7 Å². The molecule has 0 aliphatic heterocycles. The monoisotopic (exact) mass is 467 g/mol. The van der Waals surface area contributed by atoms with Crippen molar-refractivity contribution in [1.29, 1.82) is 0 Å². The normalized spacial score (nSPS) is 12.2. The maximum absolute atomic E-state index is 12.8. The molecule has 3 aromatic rings. The molecule has 1 heterocycles. The van der Waals surface area contributed by atoms with Gasteiger partial charge in [-0.15, -0.1) is 0 Å². The Bertz CT molecular complexity index is 1250. The van der Waals surface area contributed by atoms with Gasteiger partial charge in [-0.05, 0) is 69.5 Å². The topological polar surface area (TPSA) is 104 Å². The van der Waals surface area contributed by atoms with Crippen LogP contribution in [0.2, 0.25) is 0 Å². The number of aryl methyl sites for hydroxylation is 1. The van der Waals surface area contributed by atoms with Crippen LogP contribution in [0.5, 0.6) is 11.5 Å². The SMILES string of the molecule is CCC(NC(=O)OC(C)(C)C)C(=O)Oc1ccc2c(-c3ccc(OC)cc3)cc(=O)oc2c1C. The molecule has 180 valence electrons. The number of ether oxygens (including phenoxy) is 3. The summed E-state index contributed by atoms with van der Waals surface area (Å²) in [5, 5.41) is 3.22. The average molecular weight is 468 g/mol. The second-order valence-corrected chi connectivity index (χ2v) is 8.80. The Morgan fingerprint density at radius 1 is 1.09 bits per heavy atom. The zero-order valence-electron chi connectivity index (χ0n) is 20.2. The van der Waals surface area contributed by atoms with Crippen LogP contribution in [0.25, 0.3) is 22.1 Å². The molecule has 1 atom stereocenters. The molecule has 0 saturated heterocycles. The van der Waals surface area contributed by atoms with Gasteiger partial charge in [0.2, 0.25) is 0 Å². The summed E-state index contributed by atoms with van der Waals surface area (Å²) in [4.78, 5) is 37.1. The summed E-state index contributed by atoms with van der Waals surface area (Å²) in [6, 6.07) is 11.2. The zero-order chi connectivity index (χ0) is 25.0. The van der Waals surface area contributed by atoms with Crippen molar-refractivity contribution < 1.29 is 28.2 Å². The molecule has 1 aromatic heterocycles. The predicted molar refractivity (Wildman–Crippen MR) is 128 cm³/mol. The van der Waals surface area contributed by atoms with Gasteiger partial charge in [-0.3, -0.25) is 0 Å². The van der Waals surface area contributed by atoms with Crippen molar-refractivity contribution in [3.63, 3.8) is 0 Å². The van der Waals surface area contributed by atoms with Gasteiger partial charge in [-0.25, -0.2) is 14.4 Å². The number of benzene rings is 2. The Morgan fingerprint density at radius 2 is 1.76 bits per heavy atom. The highest BCUT2D eigenvalue weighted by Gasteiger charge is 2.25. The third-order valence-electron chi connectivity index (χ3n) is 5.11. The molecule has 2 aromatic carbocycles. The van der Waals surface area contributed by atoms with E-state index >= 15 is 0 Å². The molecule has 0 aliphatic rings. The molecular weight excluding hydrogens is 438 g/mol. The van der Waals surface area contributed by atoms with E-state index in [9.17, 15) is 14.4 Å². The van der Waals surface area contributed by atoms with Gasteiger partial charge in [0.15, 0.2) is 0 Å². The summed E-state index contributed by atoms with van der Waals surface area (Å²) < 4.78 is 21.5. The lowest BCUT2D eigenvalue weighted by Crippen LogP contribution is -2.44. The number of amides is 1. The van der Waals surface area contributed by atoms with Gasteiger partial charge in [0.05, 0.1) is 7.11 Å². The first-order valence-corrected chi connectivity index (χ1v) is 11.0. The van der Waals surface area contributed by atoms with Crippen molar-refractivity contribution in [2.24, 2.45) is 0 Å². The summed E-state index contributed by atoms with van der Waals surface area (Å²) in [6.45, 7) is 8.65. The largest absolute Gasteiger partial charge is 0.497 e. The molecule has 0 aliphatic carbocycles. The Hall–Kier alpha value is -3.81. The van der Waals surface area contributed by atoms with Crippen LogP contribution in [-0.4, -0.2) is 30.8 Å². The molecule has 0 spiro atoms. The zero-order valence-corrected chi connectivity index (χ0v) is 20.2. The number of rotatable bonds is 6. The van der Waals surface area contributed by atoms with Gasteiger partial charge in [-0.1, -0.05) is 19.1 Å². The second-order valence-electron chi connectivity index (χ2n) is 8.80. The minimum absolute atomic E-state index is 0.233. The van der Waals surface area contributed by atoms with E-state index in [1.54, 1.807) is 66.0 Å². The van der Waals surface area contributed by atoms with E-state index in [2.05, 4.69) is 5.32 Å². The summed E-state index contributed by atoms with van der Waals surface area (Å²) in [5.74, 6) is 0.285. The van der Waals surface area contributed by atoms with Gasteiger partial charge in [0, 0.05) is 17.0 Å². The lowest BCUT2D eigenvalue weighted by atomic mass is 10.00. The Kier molecular flexibility index (Phi) is 7.29. The third-order valence-corrected chi connectivity index (χ3v) is 5.11. The fourth-order valence-electron chi connectivity index (χ4n) is 3.42. The first-order valence-electron chi connectivity index (χ1n) is 11.0. The predicted octanol–water partition coefficient (Wildman–Crippen LogP) is 4.99. The van der Waals surface area contributed by atoms with Crippen molar-refractivity contribution in [2.75, 3.05) is 7.11 Å². The summed E-state index contributed by atoms with van der Waals surface area (Å²) >= 11 is 0. The van der Waals surface area contributed by atoms with E-state index in [4.69, 9.17) is 18.6 Å². The Morgan fingerprint density at radius 3 is 2.35 bits per heavy atom. The molecule has 1 amide bonds. The van der Waals surface area contributed by atoms with Crippen molar-refractivity contribution in [3.8, 4) is 22.6 Å². The molecule has 34 heavy (non-hydrogen) atoms. The van der Waals surface area contributed by atoms with Crippen molar-refractivity contribution in [1.82, 2.24) is 5.32 Å². The van der Waals surface area contributed by atoms with E-state index < -0.39 is 29.3 Å². The highest BCUT2D eigenvalue weighted by atomic mass is 16.6. The smallest absolute Gasteiger partial charge is 0.408 e. The van der Waals surface area contributed by atoms with Crippen LogP contribution in [0.4, 0.5) is 4.79 Å². The number of carbonyl (C=O) groups excluding carboxylic acids is 2. The van der Waals surface area contributed by atoms with Crippen LogP contribution in [0, 0.1) is 6.92 Å². The van der Waals surface area contributed by atoms with E-state index in [0.717, 1.165) is 5.56 Å². The first kappa shape index (κ1) is 24.8. The molecule has 8 nitrogen and oxygen atoms in total. The molecule has 0 radical (unpaired) electrons. The number of hydrogen-bond acceptors (Lipinski definition) is 7. The van der Waals surface area contributed by atoms with E-state index in [1.165, 1.54) is 6.07 Å². The number of alkyl carbamates (subject to hydrolysis) is 1. The quantitative estimate of drug-likeness (QED) is 0.309. The fraction of sp³-hybridized carbons (Fsp3) is 0.346. The maximum Gasteiger partial charge on any atom is 0.408 e. The van der Waals surface area contributed by atoms with Gasteiger partial charge >= 0.3 is 17.7 Å². The molecule has 0 fully saturated rings. The molecule has 3 rings (SSSR count). The second kappa shape index (κ2) is 9.99. The molecule has 1 unspecified atom stereocenters. The maximum atomic E-state index is 12.8. The Labute approximate surface area is 197 Å². The van der Waals surface area contributed by atoms with E-state index in [1.807, 2.05) is 12.1 Å². The molecule has 0 saturated carbocycles. The van der Waals surface area contributed by atoms with Gasteiger partial charge in [0.25, 0.3) is 0 Å². The van der Waals surface area contributed by atoms with E-state index in [0.29, 0.717) is 34.3 Å². The number of nitrogens with one attached hydrogen (secondary N) is 1. The lowest BCUT2D eigenvalue weighted by Gasteiger charge is -2.22. The minimum atomic E-state index is -0.900. The van der Waals surface area contributed by atoms with Crippen LogP contribution < -0.4 is 20.4 Å². The molecular formula is C26H29NO7. The lowest BCUT2D eigenvalue weighted by molar-refractivity contribution is -0.136. The van der Waals surface area contributed by atoms with Crippen molar-refractivity contribution in [3.05, 3.63) is 58.4 Å². The highest BCUT2D eigenvalue weighted by Crippen LogP contribution is 2.34. The minimum Gasteiger partial charge on any atom is -0.497 e. The standard InChI is InChI=1S/C26H29NO7/c1-7-20(27-25(30)34-26(3,4)5)24(29)32-21-13-12-18-19(14-22(28)33-23(18)15(21)2)16-8-10-17(31-6)11-9-16/h8-14,20H,7H2,1-6H3,(H,27,30). The van der Waals surface area contributed by atoms with E-state index in [-0.39, 0.29) is 5.75 Å². The molecule has 0 bridgehead atoms. The molecule has 1 N–H and O–H groups in total. The third kappa shape index (κ3) is 5.75. The number of esters is 1. The van der Waals surface area contributed by atoms with Crippen LogP contribution in [-0.2, 0) is 9.53 Å². The van der Waals surface area contributed by atoms with Gasteiger partial charge in [-0.2, -0.15) is 0 Å². The van der Waals surface area contributed by atoms with Gasteiger partial charge in [0.1, 0.15) is 28.7 Å². The van der Waals surface area contributed by atoms with Crippen molar-refractivity contribution in [2.45, 2.75) is 52.7 Å². The molecule has 8 heteroatoms. The summed E-state index contributed by atoms with van der Waals surface area (Å²) in [7, 11) is 1.58. The first-order chi connectivity index (χ1) is 16.0. The Balaban J connectivity index is 1.90. The summed E-state index contributed by atoms with van der Waals surface area (Å²) in [5.41, 5.74) is 1.09. The number of fused-ring (bicyclic) bond motifs is 1. The van der Waals surface area contributed by atoms with Crippen molar-refractivity contribution >= 4 is 23.0 Å². The number of carbonyl (C=O) groups is 2.